The largest absolute Gasteiger partial charge is 0.446 e. The fourth-order valence-electron chi connectivity index (χ4n) is 12.0. The number of hydrogen-bond acceptors (Lipinski definition) is 14. The first-order valence-electron chi connectivity index (χ1n) is 27.9. The lowest BCUT2D eigenvalue weighted by Crippen LogP contribution is -2.51. The lowest BCUT2D eigenvalue weighted by molar-refractivity contribution is -0.125. The molecule has 0 aromatic carbocycles. The maximum absolute atomic E-state index is 12.8. The van der Waals surface area contributed by atoms with Crippen molar-refractivity contribution in [3.05, 3.63) is 11.6 Å². The Kier molecular flexibility index (Phi) is 31.0. The molecule has 0 aromatic rings. The van der Waals surface area contributed by atoms with E-state index >= 15 is 0 Å². The second-order valence-electron chi connectivity index (χ2n) is 21.4. The van der Waals surface area contributed by atoms with E-state index < -0.39 is 6.09 Å². The molecule has 0 saturated heterocycles. The average molecular weight is 1040 g/mol. The van der Waals surface area contributed by atoms with Crippen molar-refractivity contribution in [2.45, 2.75) is 124 Å². The van der Waals surface area contributed by atoms with E-state index in [9.17, 15) is 19.2 Å². The highest BCUT2D eigenvalue weighted by atomic mass is 16.6. The Bertz CT molecular complexity index is 1590. The summed E-state index contributed by atoms with van der Waals surface area (Å²) in [5.74, 6) is 4.41. The average Bonchev–Trinajstić information content (AvgIpc) is 3.72. The van der Waals surface area contributed by atoms with Crippen LogP contribution in [0.2, 0.25) is 0 Å². The molecule has 18 heteroatoms. The Morgan fingerprint density at radius 2 is 1.08 bits per heavy atom. The Labute approximate surface area is 438 Å². The number of methoxy groups -OCH3 is 1. The highest BCUT2D eigenvalue weighted by Gasteiger charge is 2.59. The summed E-state index contributed by atoms with van der Waals surface area (Å²) in [6.07, 6.45) is 16.1. The van der Waals surface area contributed by atoms with Gasteiger partial charge in [-0.1, -0.05) is 65.5 Å². The number of amides is 4. The van der Waals surface area contributed by atoms with E-state index in [1.165, 1.54) is 64.0 Å². The SMILES string of the molecule is COCC(=O)NCCOCCOCCOCCOCCC(=O)NCCOCCOCCOCCOCCC(=O)NCCNC(=O)O[C@H]1CC[C@@]2(C)C(=CC[C@H]3[C@@H]4CC[C@H]([C@H](C)CCCC(C)C)[C@@]4(C)CC[C@@H]32)C1. The molecule has 4 aliphatic rings. The van der Waals surface area contributed by atoms with Gasteiger partial charge in [-0.25, -0.2) is 4.79 Å². The zero-order valence-electron chi connectivity index (χ0n) is 45.9. The molecule has 0 spiro atoms. The smallest absolute Gasteiger partial charge is 0.407 e. The first kappa shape index (κ1) is 62.6. The van der Waals surface area contributed by atoms with Gasteiger partial charge in [-0.2, -0.15) is 0 Å². The van der Waals surface area contributed by atoms with E-state index in [1.807, 2.05) is 0 Å². The van der Waals surface area contributed by atoms with Crippen molar-refractivity contribution >= 4 is 23.8 Å². The van der Waals surface area contributed by atoms with Crippen molar-refractivity contribution in [2.24, 2.45) is 46.3 Å². The quantitative estimate of drug-likeness (QED) is 0.0408. The highest BCUT2D eigenvalue weighted by molar-refractivity contribution is 5.77. The number of carbonyl (C=O) groups is 4. The second-order valence-corrected chi connectivity index (χ2v) is 21.4. The minimum absolute atomic E-state index is 0.0355. The number of fused-ring (bicyclic) bond motifs is 5. The van der Waals surface area contributed by atoms with Crippen LogP contribution in [0.1, 0.15) is 118 Å². The molecule has 0 aromatic heterocycles. The van der Waals surface area contributed by atoms with E-state index in [4.69, 9.17) is 47.4 Å². The predicted octanol–water partition coefficient (Wildman–Crippen LogP) is 6.03. The predicted molar refractivity (Wildman–Crippen MR) is 278 cm³/mol. The summed E-state index contributed by atoms with van der Waals surface area (Å²) in [7, 11) is 1.47. The number of carbonyl (C=O) groups excluding carboxylic acids is 4. The Hall–Kier alpha value is -2.94. The van der Waals surface area contributed by atoms with Crippen molar-refractivity contribution in [3.8, 4) is 0 Å². The van der Waals surface area contributed by atoms with Crippen LogP contribution < -0.4 is 21.3 Å². The molecule has 4 rings (SSSR count). The molecule has 8 atom stereocenters. The number of hydrogen-bond donors (Lipinski definition) is 4. The monoisotopic (exact) mass is 1040 g/mol. The van der Waals surface area contributed by atoms with Gasteiger partial charge in [-0.3, -0.25) is 14.4 Å². The summed E-state index contributed by atoms with van der Waals surface area (Å²) < 4.78 is 54.4. The highest BCUT2D eigenvalue weighted by Crippen LogP contribution is 2.67. The molecule has 0 bridgehead atoms. The third kappa shape index (κ3) is 23.5. The lowest BCUT2D eigenvalue weighted by atomic mass is 9.47. The van der Waals surface area contributed by atoms with E-state index in [2.05, 4.69) is 62.0 Å². The normalized spacial score (nSPS) is 24.8. The zero-order chi connectivity index (χ0) is 52.6. The van der Waals surface area contributed by atoms with Crippen molar-refractivity contribution in [1.29, 1.82) is 0 Å². The van der Waals surface area contributed by atoms with Gasteiger partial charge in [0.2, 0.25) is 17.7 Å². The standard InChI is InChI=1S/C55H98N4O14/c1-42(2)8-7-9-43(3)47-12-13-48-46-11-10-44-40-45(14-18-54(44,4)49(46)15-19-55(47,48)5)73-53(63)59-21-20-56-50(60)16-24-65-28-32-69-36-38-71-34-30-67-26-22-57-51(61)17-25-66-29-33-70-37-39-72-35-31-68-27-23-58-52(62)41-64-6/h10,42-43,45-49H,7-9,11-41H2,1-6H3,(H,56,60)(H,57,61)(H,58,62)(H,59,63)/t43-,45+,46+,47-,48+,49+,54+,55-/m1/s1. The van der Waals surface area contributed by atoms with Gasteiger partial charge in [0.1, 0.15) is 12.7 Å². The summed E-state index contributed by atoms with van der Waals surface area (Å²) >= 11 is 0. The molecule has 0 heterocycles. The molecule has 4 aliphatic carbocycles. The minimum Gasteiger partial charge on any atom is -0.446 e. The molecule has 422 valence electrons. The van der Waals surface area contributed by atoms with Crippen LogP contribution in [0.25, 0.3) is 0 Å². The van der Waals surface area contributed by atoms with Gasteiger partial charge in [-0.05, 0) is 91.3 Å². The van der Waals surface area contributed by atoms with Crippen LogP contribution in [0.15, 0.2) is 11.6 Å². The summed E-state index contributed by atoms with van der Waals surface area (Å²) in [6.45, 7) is 20.2. The van der Waals surface area contributed by atoms with Crippen molar-refractivity contribution < 1.29 is 66.5 Å². The van der Waals surface area contributed by atoms with Crippen molar-refractivity contribution in [3.63, 3.8) is 0 Å². The van der Waals surface area contributed by atoms with Crippen LogP contribution in [-0.4, -0.2) is 176 Å². The number of nitrogens with one attached hydrogen (secondary N) is 4. The third-order valence-corrected chi connectivity index (χ3v) is 15.8. The maximum atomic E-state index is 12.8. The van der Waals surface area contributed by atoms with Crippen LogP contribution in [0.4, 0.5) is 4.79 Å². The first-order chi connectivity index (χ1) is 35.4. The number of alkyl carbamates (subject to hydrolysis) is 1. The van der Waals surface area contributed by atoms with Gasteiger partial charge >= 0.3 is 6.09 Å². The number of rotatable bonds is 41. The molecule has 0 aliphatic heterocycles. The summed E-state index contributed by atoms with van der Waals surface area (Å²) in [5.41, 5.74) is 2.21. The second kappa shape index (κ2) is 36.2. The maximum Gasteiger partial charge on any atom is 0.407 e. The van der Waals surface area contributed by atoms with Crippen molar-refractivity contribution in [1.82, 2.24) is 21.3 Å². The first-order valence-corrected chi connectivity index (χ1v) is 27.9. The fourth-order valence-corrected chi connectivity index (χ4v) is 12.0. The molecular weight excluding hydrogens is 941 g/mol. The van der Waals surface area contributed by atoms with Gasteiger partial charge in [0.05, 0.1) is 106 Å². The van der Waals surface area contributed by atoms with Gasteiger partial charge in [0, 0.05) is 52.6 Å². The molecule has 73 heavy (non-hydrogen) atoms. The molecule has 18 nitrogen and oxygen atoms in total. The van der Waals surface area contributed by atoms with Crippen LogP contribution in [0.5, 0.6) is 0 Å². The molecule has 0 radical (unpaired) electrons. The molecule has 4 N–H and O–H groups in total. The number of allylic oxidation sites excluding steroid dienone is 1. The lowest BCUT2D eigenvalue weighted by Gasteiger charge is -2.58. The van der Waals surface area contributed by atoms with E-state index in [0.717, 1.165) is 54.8 Å². The van der Waals surface area contributed by atoms with Crippen LogP contribution in [-0.2, 0) is 61.8 Å². The minimum atomic E-state index is -0.413. The van der Waals surface area contributed by atoms with Gasteiger partial charge in [0.15, 0.2) is 0 Å². The van der Waals surface area contributed by atoms with E-state index in [1.54, 1.807) is 0 Å². The van der Waals surface area contributed by atoms with Gasteiger partial charge in [-0.15, -0.1) is 0 Å². The topological polar surface area (TPSA) is 209 Å². The summed E-state index contributed by atoms with van der Waals surface area (Å²) in [6, 6.07) is 0. The molecule has 3 saturated carbocycles. The third-order valence-electron chi connectivity index (χ3n) is 15.8. The Balaban J connectivity index is 0.870. The molecule has 4 amide bonds. The van der Waals surface area contributed by atoms with E-state index in [-0.39, 0.29) is 55.3 Å². The summed E-state index contributed by atoms with van der Waals surface area (Å²) in [4.78, 5) is 48.3. The number of ether oxygens (including phenoxy) is 10. The van der Waals surface area contributed by atoms with Crippen LogP contribution >= 0.6 is 0 Å². The van der Waals surface area contributed by atoms with Crippen LogP contribution in [0.3, 0.4) is 0 Å². The van der Waals surface area contributed by atoms with Crippen molar-refractivity contribution in [2.75, 3.05) is 146 Å². The summed E-state index contributed by atoms with van der Waals surface area (Å²) in [5, 5.41) is 11.1. The molecule has 0 unspecified atom stereocenters. The molecular formula is C55H98N4O14. The molecule has 3 fully saturated rings. The van der Waals surface area contributed by atoms with E-state index in [0.29, 0.717) is 131 Å². The Morgan fingerprint density at radius 1 is 0.575 bits per heavy atom. The zero-order valence-corrected chi connectivity index (χ0v) is 45.9. The van der Waals surface area contributed by atoms with Gasteiger partial charge in [0.25, 0.3) is 0 Å². The van der Waals surface area contributed by atoms with Crippen LogP contribution in [0, 0.1) is 46.3 Å². The Morgan fingerprint density at radius 3 is 1.63 bits per heavy atom. The van der Waals surface area contributed by atoms with Gasteiger partial charge < -0.3 is 68.6 Å². The fraction of sp³-hybridized carbons (Fsp3) is 0.891.